The molecule has 1 N–H and O–H groups in total. The number of aliphatic hydroxyl groups is 1. The summed E-state index contributed by atoms with van der Waals surface area (Å²) in [7, 11) is -6.11. The average Bonchev–Trinajstić information content (AvgIpc) is 2.74. The van der Waals surface area contributed by atoms with E-state index in [1.807, 2.05) is 0 Å². The average molecular weight is 351 g/mol. The Labute approximate surface area is 129 Å². The van der Waals surface area contributed by atoms with E-state index in [2.05, 4.69) is 11.8 Å². The molecule has 1 aromatic heterocycles. The predicted octanol–water partition coefficient (Wildman–Crippen LogP) is 0.246. The van der Waals surface area contributed by atoms with E-state index in [1.54, 1.807) is 11.4 Å². The molecule has 0 bridgehead atoms. The Kier molecular flexibility index (Phi) is 6.37. The minimum absolute atomic E-state index is 0.00228. The highest BCUT2D eigenvalue weighted by Crippen LogP contribution is 2.16. The zero-order chi connectivity index (χ0) is 16.1. The molecule has 0 spiro atoms. The van der Waals surface area contributed by atoms with Crippen molar-refractivity contribution in [2.75, 3.05) is 25.0 Å². The quantitative estimate of drug-likeness (QED) is 0.742. The lowest BCUT2D eigenvalue weighted by Gasteiger charge is -2.15. The van der Waals surface area contributed by atoms with Crippen molar-refractivity contribution in [1.82, 2.24) is 4.31 Å². The van der Waals surface area contributed by atoms with Gasteiger partial charge in [-0.25, -0.2) is 16.8 Å². The number of sulfonamides is 1. The van der Waals surface area contributed by atoms with E-state index in [0.29, 0.717) is 6.42 Å². The number of nitrogens with zero attached hydrogens (tertiary/aromatic N) is 1. The zero-order valence-electron chi connectivity index (χ0n) is 11.7. The van der Waals surface area contributed by atoms with Gasteiger partial charge in [-0.15, -0.1) is 11.3 Å². The van der Waals surface area contributed by atoms with Crippen LogP contribution in [0.4, 0.5) is 0 Å². The number of aliphatic hydroxyl groups excluding tert-OH is 1. The van der Waals surface area contributed by atoms with Crippen molar-refractivity contribution in [3.63, 3.8) is 0 Å². The van der Waals surface area contributed by atoms with Gasteiger partial charge in [0.1, 0.15) is 0 Å². The molecule has 6 nitrogen and oxygen atoms in total. The zero-order valence-corrected chi connectivity index (χ0v) is 14.2. The molecule has 0 atom stereocenters. The summed E-state index contributed by atoms with van der Waals surface area (Å²) in [6, 6.07) is 1.75. The SMILES string of the molecule is CN(Cc1csc(C#CCCO)c1)S(=O)(=O)CS(C)(=O)=O. The van der Waals surface area contributed by atoms with Crippen molar-refractivity contribution >= 4 is 31.2 Å². The Bertz CT molecular complexity index is 737. The van der Waals surface area contributed by atoms with Crippen LogP contribution in [0.5, 0.6) is 0 Å². The van der Waals surface area contributed by atoms with Gasteiger partial charge in [-0.1, -0.05) is 11.8 Å². The molecule has 0 aliphatic rings. The monoisotopic (exact) mass is 351 g/mol. The molecule has 1 rings (SSSR count). The molecule has 118 valence electrons. The van der Waals surface area contributed by atoms with Crippen LogP contribution in [0.1, 0.15) is 16.9 Å². The van der Waals surface area contributed by atoms with Gasteiger partial charge in [-0.2, -0.15) is 4.31 Å². The van der Waals surface area contributed by atoms with Crippen LogP contribution in [0.2, 0.25) is 0 Å². The lowest BCUT2D eigenvalue weighted by molar-refractivity contribution is 0.305. The van der Waals surface area contributed by atoms with Crippen molar-refractivity contribution in [1.29, 1.82) is 0 Å². The summed E-state index contributed by atoms with van der Waals surface area (Å²) in [5.74, 6) is 5.64. The van der Waals surface area contributed by atoms with Crippen LogP contribution < -0.4 is 0 Å². The van der Waals surface area contributed by atoms with Crippen LogP contribution in [-0.4, -0.2) is 51.2 Å². The number of thiophene rings is 1. The van der Waals surface area contributed by atoms with Crippen molar-refractivity contribution in [2.45, 2.75) is 13.0 Å². The maximum atomic E-state index is 11.9. The molecule has 0 aliphatic heterocycles. The first kappa shape index (κ1) is 18.1. The molecule has 21 heavy (non-hydrogen) atoms. The van der Waals surface area contributed by atoms with E-state index in [-0.39, 0.29) is 13.2 Å². The maximum Gasteiger partial charge on any atom is 0.228 e. The smallest absolute Gasteiger partial charge is 0.228 e. The highest BCUT2D eigenvalue weighted by Gasteiger charge is 2.23. The summed E-state index contributed by atoms with van der Waals surface area (Å²) in [6.07, 6.45) is 1.27. The van der Waals surface area contributed by atoms with Gasteiger partial charge >= 0.3 is 0 Å². The highest BCUT2D eigenvalue weighted by atomic mass is 32.3. The summed E-state index contributed by atoms with van der Waals surface area (Å²) < 4.78 is 47.0. The standard InChI is InChI=1S/C12H17NO5S3/c1-13(21(17,18)10-20(2,15)16)8-11-7-12(19-9-11)5-3-4-6-14/h7,9,14H,4,6,8,10H2,1-2H3. The van der Waals surface area contributed by atoms with Gasteiger partial charge in [0.05, 0.1) is 11.5 Å². The molecule has 0 aliphatic carbocycles. The third-order valence-electron chi connectivity index (χ3n) is 2.35. The van der Waals surface area contributed by atoms with Gasteiger partial charge in [0, 0.05) is 26.3 Å². The molecule has 0 aromatic carbocycles. The molecule has 1 heterocycles. The van der Waals surface area contributed by atoms with Crippen LogP contribution in [0, 0.1) is 11.8 Å². The molecule has 0 amide bonds. The second-order valence-corrected chi connectivity index (χ2v) is 10.00. The number of rotatable bonds is 6. The van der Waals surface area contributed by atoms with Crippen LogP contribution in [0.25, 0.3) is 0 Å². The van der Waals surface area contributed by atoms with Crippen molar-refractivity contribution in [3.8, 4) is 11.8 Å². The van der Waals surface area contributed by atoms with Gasteiger partial charge in [0.15, 0.2) is 14.9 Å². The van der Waals surface area contributed by atoms with Crippen LogP contribution in [0.15, 0.2) is 11.4 Å². The Morgan fingerprint density at radius 3 is 2.57 bits per heavy atom. The van der Waals surface area contributed by atoms with Crippen molar-refractivity contribution in [3.05, 3.63) is 21.9 Å². The van der Waals surface area contributed by atoms with E-state index in [1.165, 1.54) is 18.4 Å². The fourth-order valence-corrected chi connectivity index (χ4v) is 5.45. The second kappa shape index (κ2) is 7.38. The van der Waals surface area contributed by atoms with E-state index in [9.17, 15) is 16.8 Å². The highest BCUT2D eigenvalue weighted by molar-refractivity contribution is 8.06. The first-order chi connectivity index (χ1) is 9.64. The topological polar surface area (TPSA) is 91.8 Å². The second-order valence-electron chi connectivity index (χ2n) is 4.51. The minimum Gasteiger partial charge on any atom is -0.395 e. The van der Waals surface area contributed by atoms with E-state index in [0.717, 1.165) is 21.0 Å². The lowest BCUT2D eigenvalue weighted by Crippen LogP contribution is -2.31. The summed E-state index contributed by atoms with van der Waals surface area (Å²) in [4.78, 5) is 0.771. The van der Waals surface area contributed by atoms with Crippen molar-refractivity contribution in [2.24, 2.45) is 0 Å². The van der Waals surface area contributed by atoms with Gasteiger partial charge in [-0.3, -0.25) is 0 Å². The predicted molar refractivity (Wildman–Crippen MR) is 83.0 cm³/mol. The fraction of sp³-hybridized carbons (Fsp3) is 0.500. The molecular formula is C12H17NO5S3. The van der Waals surface area contributed by atoms with Crippen LogP contribution >= 0.6 is 11.3 Å². The summed E-state index contributed by atoms with van der Waals surface area (Å²) in [6.45, 7) is 0.0910. The van der Waals surface area contributed by atoms with Gasteiger partial charge in [0.25, 0.3) is 0 Å². The Hall–Kier alpha value is -0.920. The normalized spacial score (nSPS) is 12.2. The van der Waals surface area contributed by atoms with Crippen LogP contribution in [0.3, 0.4) is 0 Å². The molecule has 1 aromatic rings. The molecule has 0 unspecified atom stereocenters. The molecular weight excluding hydrogens is 334 g/mol. The minimum atomic E-state index is -3.85. The first-order valence-corrected chi connectivity index (χ1v) is 10.5. The van der Waals surface area contributed by atoms with Gasteiger partial charge < -0.3 is 5.11 Å². The van der Waals surface area contributed by atoms with Crippen LogP contribution in [-0.2, 0) is 26.4 Å². The molecule has 0 radical (unpaired) electrons. The van der Waals surface area contributed by atoms with E-state index < -0.39 is 24.9 Å². The lowest BCUT2D eigenvalue weighted by atomic mass is 10.3. The Balaban J connectivity index is 2.76. The molecule has 0 fully saturated rings. The third-order valence-corrected chi connectivity index (χ3v) is 7.22. The maximum absolute atomic E-state index is 11.9. The molecule has 0 saturated carbocycles. The van der Waals surface area contributed by atoms with E-state index in [4.69, 9.17) is 5.11 Å². The molecule has 9 heteroatoms. The van der Waals surface area contributed by atoms with Gasteiger partial charge in [-0.05, 0) is 17.0 Å². The number of hydrogen-bond donors (Lipinski definition) is 1. The Morgan fingerprint density at radius 2 is 2.00 bits per heavy atom. The summed E-state index contributed by atoms with van der Waals surface area (Å²) >= 11 is 1.37. The van der Waals surface area contributed by atoms with Crippen molar-refractivity contribution < 1.29 is 21.9 Å². The Morgan fingerprint density at radius 1 is 1.33 bits per heavy atom. The fourth-order valence-electron chi connectivity index (χ4n) is 1.45. The van der Waals surface area contributed by atoms with Gasteiger partial charge in [0.2, 0.25) is 10.0 Å². The third kappa shape index (κ3) is 6.58. The van der Waals surface area contributed by atoms with E-state index >= 15 is 0 Å². The summed E-state index contributed by atoms with van der Waals surface area (Å²) in [5.41, 5.74) is 0.743. The summed E-state index contributed by atoms with van der Waals surface area (Å²) in [5, 5.41) is 9.50. The number of hydrogen-bond acceptors (Lipinski definition) is 6. The first-order valence-electron chi connectivity index (χ1n) is 5.93. The number of sulfone groups is 1. The largest absolute Gasteiger partial charge is 0.395 e. The molecule has 0 saturated heterocycles.